The molecule has 0 saturated heterocycles. The van der Waals surface area contributed by atoms with Gasteiger partial charge in [-0.3, -0.25) is 9.59 Å². The number of carbonyl (C=O) groups excluding carboxylic acids is 2. The number of nitrogens with zero attached hydrogens (tertiary/aromatic N) is 2. The number of benzene rings is 1. The van der Waals surface area contributed by atoms with E-state index in [1.165, 1.54) is 9.80 Å². The number of amides is 2. The molecule has 0 radical (unpaired) electrons. The molecular weight excluding hydrogens is 268 g/mol. The van der Waals surface area contributed by atoms with Gasteiger partial charge in [-0.2, -0.15) is 0 Å². The number of rotatable bonds is 4. The van der Waals surface area contributed by atoms with Gasteiger partial charge >= 0.3 is 0 Å². The van der Waals surface area contributed by atoms with Gasteiger partial charge in [-0.25, -0.2) is 0 Å². The van der Waals surface area contributed by atoms with E-state index in [-0.39, 0.29) is 25.0 Å². The third kappa shape index (κ3) is 4.62. The Labute approximate surface area is 125 Å². The van der Waals surface area contributed by atoms with Gasteiger partial charge in [0, 0.05) is 26.2 Å². The lowest BCUT2D eigenvalue weighted by atomic mass is 10.1. The minimum absolute atomic E-state index is 0.0318. The first-order valence-corrected chi connectivity index (χ1v) is 6.69. The number of aliphatic hydroxyl groups excluding tert-OH is 1. The van der Waals surface area contributed by atoms with Crippen molar-refractivity contribution in [1.29, 1.82) is 0 Å². The molecule has 1 N–H and O–H groups in total. The van der Waals surface area contributed by atoms with E-state index in [2.05, 4.69) is 11.8 Å². The third-order valence-corrected chi connectivity index (χ3v) is 2.95. The minimum atomic E-state index is -0.265. The highest BCUT2D eigenvalue weighted by atomic mass is 16.2. The summed E-state index contributed by atoms with van der Waals surface area (Å²) >= 11 is 0. The van der Waals surface area contributed by atoms with Crippen molar-refractivity contribution < 1.29 is 14.7 Å². The molecule has 0 spiro atoms. The van der Waals surface area contributed by atoms with E-state index >= 15 is 0 Å². The monoisotopic (exact) mass is 288 g/mol. The van der Waals surface area contributed by atoms with E-state index in [4.69, 9.17) is 5.11 Å². The normalized spacial score (nSPS) is 9.52. The van der Waals surface area contributed by atoms with Gasteiger partial charge in [0.15, 0.2) is 0 Å². The summed E-state index contributed by atoms with van der Waals surface area (Å²) in [6, 6.07) is 6.92. The molecule has 0 atom stereocenters. The molecule has 0 fully saturated rings. The average Bonchev–Trinajstić information content (AvgIpc) is 2.49. The molecule has 5 nitrogen and oxygen atoms in total. The third-order valence-electron chi connectivity index (χ3n) is 2.95. The van der Waals surface area contributed by atoms with Crippen LogP contribution in [-0.2, 0) is 4.79 Å². The molecule has 2 amide bonds. The van der Waals surface area contributed by atoms with Crippen LogP contribution in [0.4, 0.5) is 0 Å². The topological polar surface area (TPSA) is 60.9 Å². The second-order valence-electron chi connectivity index (χ2n) is 4.61. The van der Waals surface area contributed by atoms with Crippen molar-refractivity contribution in [3.63, 3.8) is 0 Å². The molecule has 1 aromatic rings. The average molecular weight is 288 g/mol. The van der Waals surface area contributed by atoms with E-state index in [0.717, 1.165) is 0 Å². The number of hydrogen-bond donors (Lipinski definition) is 1. The first kappa shape index (κ1) is 16.7. The molecular formula is C16H20N2O3. The van der Waals surface area contributed by atoms with E-state index in [1.807, 2.05) is 6.92 Å². The Balaban J connectivity index is 3.03. The molecule has 1 aromatic carbocycles. The zero-order valence-corrected chi connectivity index (χ0v) is 12.6. The molecule has 0 aromatic heterocycles. The molecule has 112 valence electrons. The summed E-state index contributed by atoms with van der Waals surface area (Å²) in [5, 5.41) is 8.77. The SMILES string of the molecule is CCN(CC(=O)N(C)C)C(=O)c1ccccc1C#CCO. The van der Waals surface area contributed by atoms with Crippen LogP contribution in [0.1, 0.15) is 22.8 Å². The quantitative estimate of drug-likeness (QED) is 0.825. The van der Waals surface area contributed by atoms with Crippen molar-refractivity contribution in [1.82, 2.24) is 9.80 Å². The highest BCUT2D eigenvalue weighted by Crippen LogP contribution is 2.11. The van der Waals surface area contributed by atoms with Crippen LogP contribution in [0, 0.1) is 11.8 Å². The van der Waals surface area contributed by atoms with Crippen molar-refractivity contribution >= 4 is 11.8 Å². The molecule has 0 bridgehead atoms. The maximum Gasteiger partial charge on any atom is 0.255 e. The van der Waals surface area contributed by atoms with Gasteiger partial charge in [-0.1, -0.05) is 24.0 Å². The van der Waals surface area contributed by atoms with Crippen molar-refractivity contribution in [2.75, 3.05) is 33.8 Å². The lowest BCUT2D eigenvalue weighted by Crippen LogP contribution is -2.40. The molecule has 0 aliphatic heterocycles. The Bertz CT molecular complexity index is 570. The van der Waals surface area contributed by atoms with Crippen molar-refractivity contribution in [3.8, 4) is 11.8 Å². The molecule has 5 heteroatoms. The summed E-state index contributed by atoms with van der Waals surface area (Å²) in [6.45, 7) is 2.02. The van der Waals surface area contributed by atoms with Gasteiger partial charge in [0.1, 0.15) is 6.61 Å². The fourth-order valence-corrected chi connectivity index (χ4v) is 1.72. The first-order valence-electron chi connectivity index (χ1n) is 6.69. The Kier molecular flexibility index (Phi) is 6.44. The maximum atomic E-state index is 12.5. The summed E-state index contributed by atoms with van der Waals surface area (Å²) in [6.07, 6.45) is 0. The Morgan fingerprint density at radius 3 is 2.48 bits per heavy atom. The largest absolute Gasteiger partial charge is 0.384 e. The Morgan fingerprint density at radius 2 is 1.90 bits per heavy atom. The molecule has 0 saturated carbocycles. The van der Waals surface area contributed by atoms with E-state index in [1.54, 1.807) is 38.4 Å². The van der Waals surface area contributed by atoms with Crippen LogP contribution in [0.15, 0.2) is 24.3 Å². The van der Waals surface area contributed by atoms with Crippen LogP contribution in [0.25, 0.3) is 0 Å². The van der Waals surface area contributed by atoms with Gasteiger partial charge in [0.05, 0.1) is 12.1 Å². The second-order valence-corrected chi connectivity index (χ2v) is 4.61. The number of hydrogen-bond acceptors (Lipinski definition) is 3. The molecule has 0 aliphatic rings. The fourth-order valence-electron chi connectivity index (χ4n) is 1.72. The molecule has 0 aliphatic carbocycles. The predicted octanol–water partition coefficient (Wildman–Crippen LogP) is 0.581. The Morgan fingerprint density at radius 1 is 1.24 bits per heavy atom. The lowest BCUT2D eigenvalue weighted by molar-refractivity contribution is -0.129. The van der Waals surface area contributed by atoms with Crippen LogP contribution in [0.3, 0.4) is 0 Å². The minimum Gasteiger partial charge on any atom is -0.384 e. The highest BCUT2D eigenvalue weighted by molar-refractivity contribution is 5.98. The standard InChI is InChI=1S/C16H20N2O3/c1-4-18(12-15(20)17(2)3)16(21)14-10-6-5-8-13(14)9-7-11-19/h5-6,8,10,19H,4,11-12H2,1-3H3. The van der Waals surface area contributed by atoms with Crippen LogP contribution < -0.4 is 0 Å². The highest BCUT2D eigenvalue weighted by Gasteiger charge is 2.19. The van der Waals surface area contributed by atoms with Crippen LogP contribution >= 0.6 is 0 Å². The van der Waals surface area contributed by atoms with Gasteiger partial charge in [0.25, 0.3) is 5.91 Å². The van der Waals surface area contributed by atoms with E-state index in [9.17, 15) is 9.59 Å². The van der Waals surface area contributed by atoms with Crippen molar-refractivity contribution in [3.05, 3.63) is 35.4 Å². The van der Waals surface area contributed by atoms with Gasteiger partial charge in [0.2, 0.25) is 5.91 Å². The summed E-state index contributed by atoms with van der Waals surface area (Å²) < 4.78 is 0. The zero-order chi connectivity index (χ0) is 15.8. The van der Waals surface area contributed by atoms with Crippen LogP contribution in [0.5, 0.6) is 0 Å². The summed E-state index contributed by atoms with van der Waals surface area (Å²) in [5.41, 5.74) is 0.985. The predicted molar refractivity (Wildman–Crippen MR) is 80.7 cm³/mol. The van der Waals surface area contributed by atoms with Gasteiger partial charge in [-0.05, 0) is 19.1 Å². The van der Waals surface area contributed by atoms with Gasteiger partial charge < -0.3 is 14.9 Å². The number of likely N-dealkylation sites (N-methyl/N-ethyl adjacent to an activating group) is 2. The van der Waals surface area contributed by atoms with Gasteiger partial charge in [-0.15, -0.1) is 0 Å². The molecule has 1 rings (SSSR count). The summed E-state index contributed by atoms with van der Waals surface area (Å²) in [5.74, 6) is 4.92. The van der Waals surface area contributed by atoms with Crippen molar-refractivity contribution in [2.45, 2.75) is 6.92 Å². The Hall–Kier alpha value is -2.32. The van der Waals surface area contributed by atoms with Crippen molar-refractivity contribution in [2.24, 2.45) is 0 Å². The van der Waals surface area contributed by atoms with E-state index in [0.29, 0.717) is 17.7 Å². The summed E-state index contributed by atoms with van der Waals surface area (Å²) in [4.78, 5) is 27.2. The summed E-state index contributed by atoms with van der Waals surface area (Å²) in [7, 11) is 3.31. The number of carbonyl (C=O) groups is 2. The van der Waals surface area contributed by atoms with Crippen LogP contribution in [-0.4, -0.2) is 60.5 Å². The molecule has 21 heavy (non-hydrogen) atoms. The van der Waals surface area contributed by atoms with Crippen LogP contribution in [0.2, 0.25) is 0 Å². The zero-order valence-electron chi connectivity index (χ0n) is 12.6. The fraction of sp³-hybridized carbons (Fsp3) is 0.375. The smallest absolute Gasteiger partial charge is 0.255 e. The molecule has 0 heterocycles. The maximum absolute atomic E-state index is 12.5. The number of aliphatic hydroxyl groups is 1. The second kappa shape index (κ2) is 8.08. The molecule has 0 unspecified atom stereocenters. The first-order chi connectivity index (χ1) is 10.0. The van der Waals surface area contributed by atoms with E-state index < -0.39 is 0 Å². The lowest BCUT2D eigenvalue weighted by Gasteiger charge is -2.22.